The van der Waals surface area contributed by atoms with Crippen molar-refractivity contribution in [3.8, 4) is 11.8 Å². The minimum absolute atomic E-state index is 0.441. The molecule has 1 nitrogen and oxygen atoms in total. The Bertz CT molecular complexity index is 175. The Kier molecular flexibility index (Phi) is 4.18. The van der Waals surface area contributed by atoms with Crippen LogP contribution in [-0.4, -0.2) is 6.04 Å². The summed E-state index contributed by atoms with van der Waals surface area (Å²) in [4.78, 5) is 0. The summed E-state index contributed by atoms with van der Waals surface area (Å²) in [5.41, 5.74) is 5.95. The van der Waals surface area contributed by atoms with E-state index in [0.717, 1.165) is 12.3 Å². The second-order valence-electron chi connectivity index (χ2n) is 3.78. The van der Waals surface area contributed by atoms with Crippen molar-refractivity contribution in [2.24, 2.45) is 11.7 Å². The largest absolute Gasteiger partial charge is 0.328 e. The first kappa shape index (κ1) is 9.61. The zero-order valence-electron chi connectivity index (χ0n) is 7.97. The van der Waals surface area contributed by atoms with Gasteiger partial charge in [-0.1, -0.05) is 12.8 Å². The molecule has 0 aromatic heterocycles. The van der Waals surface area contributed by atoms with E-state index in [2.05, 4.69) is 11.8 Å². The summed E-state index contributed by atoms with van der Waals surface area (Å²) in [5.74, 6) is 6.89. The molecule has 1 saturated carbocycles. The van der Waals surface area contributed by atoms with Gasteiger partial charge in [0.05, 0.1) is 0 Å². The van der Waals surface area contributed by atoms with Gasteiger partial charge in [0.15, 0.2) is 0 Å². The molecule has 12 heavy (non-hydrogen) atoms. The lowest BCUT2D eigenvalue weighted by Gasteiger charge is -2.13. The number of rotatable bonds is 1. The number of nitrogens with two attached hydrogens (primary N) is 1. The molecule has 1 heteroatoms. The van der Waals surface area contributed by atoms with Gasteiger partial charge in [-0.05, 0) is 32.1 Å². The molecule has 0 saturated heterocycles. The van der Waals surface area contributed by atoms with E-state index in [9.17, 15) is 0 Å². The van der Waals surface area contributed by atoms with Gasteiger partial charge in [-0.15, -0.1) is 11.8 Å². The van der Waals surface area contributed by atoms with Gasteiger partial charge in [0.25, 0.3) is 0 Å². The minimum atomic E-state index is 0.441. The summed E-state index contributed by atoms with van der Waals surface area (Å²) in [6.07, 6.45) is 7.47. The zero-order chi connectivity index (χ0) is 8.81. The third-order valence-corrected chi connectivity index (χ3v) is 2.64. The van der Waals surface area contributed by atoms with Gasteiger partial charge in [-0.3, -0.25) is 0 Å². The highest BCUT2D eigenvalue weighted by Gasteiger charge is 2.16. The molecule has 0 aromatic rings. The average Bonchev–Trinajstić information content (AvgIpc) is 2.26. The maximum atomic E-state index is 5.95. The average molecular weight is 165 g/mol. The van der Waals surface area contributed by atoms with Crippen LogP contribution in [-0.2, 0) is 0 Å². The summed E-state index contributed by atoms with van der Waals surface area (Å²) < 4.78 is 0. The van der Waals surface area contributed by atoms with Gasteiger partial charge >= 0.3 is 0 Å². The van der Waals surface area contributed by atoms with Crippen molar-refractivity contribution in [3.05, 3.63) is 0 Å². The lowest BCUT2D eigenvalue weighted by atomic mass is 9.95. The molecule has 0 spiro atoms. The van der Waals surface area contributed by atoms with E-state index in [1.54, 1.807) is 0 Å². The van der Waals surface area contributed by atoms with E-state index >= 15 is 0 Å². The van der Waals surface area contributed by atoms with Gasteiger partial charge in [-0.2, -0.15) is 0 Å². The predicted octanol–water partition coefficient (Wildman–Crippen LogP) is 2.31. The first-order valence-electron chi connectivity index (χ1n) is 4.98. The molecule has 0 aromatic carbocycles. The standard InChI is InChI=1S/C11H19N/c1-2-3-6-10-7-4-5-8-11(12)9-10/h10-11H,4-9,12H2,1H3. The molecule has 0 amide bonds. The molecule has 2 N–H and O–H groups in total. The Hall–Kier alpha value is -0.480. The monoisotopic (exact) mass is 165 g/mol. The molecule has 1 rings (SSSR count). The maximum absolute atomic E-state index is 5.95. The Morgan fingerprint density at radius 2 is 2.08 bits per heavy atom. The van der Waals surface area contributed by atoms with Crippen LogP contribution >= 0.6 is 0 Å². The highest BCUT2D eigenvalue weighted by atomic mass is 14.6. The molecular weight excluding hydrogens is 146 g/mol. The fraction of sp³-hybridized carbons (Fsp3) is 0.818. The third kappa shape index (κ3) is 3.28. The van der Waals surface area contributed by atoms with Crippen LogP contribution in [0, 0.1) is 17.8 Å². The topological polar surface area (TPSA) is 26.0 Å². The summed E-state index contributed by atoms with van der Waals surface area (Å²) in [5, 5.41) is 0. The van der Waals surface area contributed by atoms with E-state index in [4.69, 9.17) is 5.73 Å². The molecule has 68 valence electrons. The van der Waals surface area contributed by atoms with Gasteiger partial charge in [0.2, 0.25) is 0 Å². The van der Waals surface area contributed by atoms with Crippen molar-refractivity contribution in [1.82, 2.24) is 0 Å². The van der Waals surface area contributed by atoms with Crippen molar-refractivity contribution in [1.29, 1.82) is 0 Å². The second-order valence-corrected chi connectivity index (χ2v) is 3.78. The highest BCUT2D eigenvalue weighted by Crippen LogP contribution is 2.24. The van der Waals surface area contributed by atoms with Crippen LogP contribution in [0.3, 0.4) is 0 Å². The SMILES string of the molecule is CC#CCC1CCCCC(N)C1. The smallest absolute Gasteiger partial charge is 0.0117 e. The first-order chi connectivity index (χ1) is 5.83. The van der Waals surface area contributed by atoms with Gasteiger partial charge < -0.3 is 5.73 Å². The Morgan fingerprint density at radius 3 is 2.83 bits per heavy atom. The van der Waals surface area contributed by atoms with E-state index in [0.29, 0.717) is 6.04 Å². The highest BCUT2D eigenvalue weighted by molar-refractivity contribution is 4.97. The van der Waals surface area contributed by atoms with Crippen molar-refractivity contribution in [3.63, 3.8) is 0 Å². The molecule has 0 aliphatic heterocycles. The van der Waals surface area contributed by atoms with Crippen molar-refractivity contribution in [2.75, 3.05) is 0 Å². The van der Waals surface area contributed by atoms with E-state index in [1.165, 1.54) is 32.1 Å². The van der Waals surface area contributed by atoms with E-state index in [1.807, 2.05) is 6.92 Å². The molecule has 2 atom stereocenters. The Balaban J connectivity index is 2.34. The summed E-state index contributed by atoms with van der Waals surface area (Å²) in [6, 6.07) is 0.441. The minimum Gasteiger partial charge on any atom is -0.328 e. The fourth-order valence-electron chi connectivity index (χ4n) is 1.94. The summed E-state index contributed by atoms with van der Waals surface area (Å²) in [6.45, 7) is 1.91. The van der Waals surface area contributed by atoms with Crippen LogP contribution in [0.4, 0.5) is 0 Å². The molecule has 0 bridgehead atoms. The molecule has 1 aliphatic carbocycles. The van der Waals surface area contributed by atoms with E-state index < -0.39 is 0 Å². The van der Waals surface area contributed by atoms with Gasteiger partial charge in [-0.25, -0.2) is 0 Å². The van der Waals surface area contributed by atoms with Crippen LogP contribution in [0.25, 0.3) is 0 Å². The molecule has 1 aliphatic rings. The molecule has 0 heterocycles. The lowest BCUT2D eigenvalue weighted by Crippen LogP contribution is -2.21. The zero-order valence-corrected chi connectivity index (χ0v) is 7.97. The quantitative estimate of drug-likeness (QED) is 0.468. The molecule has 1 fully saturated rings. The number of hydrogen-bond acceptors (Lipinski definition) is 1. The van der Waals surface area contributed by atoms with Crippen LogP contribution in [0.15, 0.2) is 0 Å². The predicted molar refractivity (Wildman–Crippen MR) is 52.6 cm³/mol. The van der Waals surface area contributed by atoms with Crippen molar-refractivity contribution >= 4 is 0 Å². The fourth-order valence-corrected chi connectivity index (χ4v) is 1.94. The number of hydrogen-bond donors (Lipinski definition) is 1. The second kappa shape index (κ2) is 5.22. The summed E-state index contributed by atoms with van der Waals surface area (Å²) >= 11 is 0. The van der Waals surface area contributed by atoms with Crippen molar-refractivity contribution < 1.29 is 0 Å². The van der Waals surface area contributed by atoms with E-state index in [-0.39, 0.29) is 0 Å². The van der Waals surface area contributed by atoms with Gasteiger partial charge in [0.1, 0.15) is 0 Å². The van der Waals surface area contributed by atoms with Crippen LogP contribution in [0.1, 0.15) is 45.4 Å². The molecular formula is C11H19N. The summed E-state index contributed by atoms with van der Waals surface area (Å²) in [7, 11) is 0. The van der Waals surface area contributed by atoms with Crippen molar-refractivity contribution in [2.45, 2.75) is 51.5 Å². The third-order valence-electron chi connectivity index (χ3n) is 2.64. The Morgan fingerprint density at radius 1 is 1.33 bits per heavy atom. The normalized spacial score (nSPS) is 30.2. The van der Waals surface area contributed by atoms with Gasteiger partial charge in [0, 0.05) is 12.5 Å². The van der Waals surface area contributed by atoms with Crippen LogP contribution in [0.2, 0.25) is 0 Å². The lowest BCUT2D eigenvalue weighted by molar-refractivity contribution is 0.442. The van der Waals surface area contributed by atoms with Crippen LogP contribution < -0.4 is 5.73 Å². The molecule has 0 radical (unpaired) electrons. The first-order valence-corrected chi connectivity index (χ1v) is 4.98. The Labute approximate surface area is 75.7 Å². The molecule has 2 unspecified atom stereocenters. The maximum Gasteiger partial charge on any atom is 0.0117 e. The van der Waals surface area contributed by atoms with Crippen LogP contribution in [0.5, 0.6) is 0 Å².